The lowest BCUT2D eigenvalue weighted by Gasteiger charge is -2.16. The Morgan fingerprint density at radius 2 is 1.94 bits per heavy atom. The standard InChI is InChI=1S/C11H16Cl2N2O2S/c1-8(14-6-7-15-18(2,16)17)9-4-3-5-10(12)11(9)13/h3-5,8,14-15H,6-7H2,1-2H3. The van der Waals surface area contributed by atoms with E-state index in [-0.39, 0.29) is 6.04 Å². The van der Waals surface area contributed by atoms with Crippen LogP contribution in [-0.2, 0) is 10.0 Å². The second kappa shape index (κ2) is 6.73. The van der Waals surface area contributed by atoms with Crippen LogP contribution in [0.2, 0.25) is 10.0 Å². The first-order valence-electron chi connectivity index (χ1n) is 5.43. The molecule has 0 saturated heterocycles. The first-order valence-corrected chi connectivity index (χ1v) is 8.08. The lowest BCUT2D eigenvalue weighted by atomic mass is 10.1. The number of rotatable bonds is 6. The fourth-order valence-corrected chi connectivity index (χ4v) is 2.43. The molecule has 0 aromatic heterocycles. The van der Waals surface area contributed by atoms with Crippen molar-refractivity contribution < 1.29 is 8.42 Å². The summed E-state index contributed by atoms with van der Waals surface area (Å²) in [4.78, 5) is 0. The molecule has 0 aliphatic rings. The molecule has 18 heavy (non-hydrogen) atoms. The molecule has 2 N–H and O–H groups in total. The van der Waals surface area contributed by atoms with E-state index in [1.165, 1.54) is 0 Å². The molecule has 0 spiro atoms. The Bertz CT molecular complexity index is 506. The number of benzene rings is 1. The van der Waals surface area contributed by atoms with Crippen LogP contribution < -0.4 is 10.0 Å². The summed E-state index contributed by atoms with van der Waals surface area (Å²) in [7, 11) is -3.14. The van der Waals surface area contributed by atoms with Crippen LogP contribution in [-0.4, -0.2) is 27.8 Å². The third kappa shape index (κ3) is 5.12. The minimum Gasteiger partial charge on any atom is -0.309 e. The third-order valence-electron chi connectivity index (χ3n) is 2.39. The molecule has 0 bridgehead atoms. The minimum atomic E-state index is -3.14. The van der Waals surface area contributed by atoms with Crippen LogP contribution in [0.4, 0.5) is 0 Å². The molecular weight excluding hydrogens is 295 g/mol. The maximum Gasteiger partial charge on any atom is 0.208 e. The van der Waals surface area contributed by atoms with E-state index in [9.17, 15) is 8.42 Å². The quantitative estimate of drug-likeness (QED) is 0.792. The van der Waals surface area contributed by atoms with E-state index in [0.717, 1.165) is 11.8 Å². The normalized spacial score (nSPS) is 13.6. The fraction of sp³-hybridized carbons (Fsp3) is 0.455. The van der Waals surface area contributed by atoms with Crippen molar-refractivity contribution in [1.29, 1.82) is 0 Å². The topological polar surface area (TPSA) is 58.2 Å². The van der Waals surface area contributed by atoms with Crippen LogP contribution in [0.1, 0.15) is 18.5 Å². The second-order valence-corrected chi connectivity index (χ2v) is 6.60. The van der Waals surface area contributed by atoms with Gasteiger partial charge >= 0.3 is 0 Å². The van der Waals surface area contributed by atoms with Gasteiger partial charge in [-0.2, -0.15) is 0 Å². The summed E-state index contributed by atoms with van der Waals surface area (Å²) in [5.41, 5.74) is 0.892. The van der Waals surface area contributed by atoms with Crippen molar-refractivity contribution in [2.45, 2.75) is 13.0 Å². The van der Waals surface area contributed by atoms with Crippen molar-refractivity contribution in [3.8, 4) is 0 Å². The molecule has 1 unspecified atom stereocenters. The fourth-order valence-electron chi connectivity index (χ4n) is 1.49. The predicted molar refractivity (Wildman–Crippen MR) is 75.7 cm³/mol. The molecule has 0 saturated carbocycles. The molecule has 1 rings (SSSR count). The molecule has 1 atom stereocenters. The van der Waals surface area contributed by atoms with Gasteiger partial charge in [0, 0.05) is 19.1 Å². The maximum absolute atomic E-state index is 10.9. The van der Waals surface area contributed by atoms with E-state index >= 15 is 0 Å². The van der Waals surface area contributed by atoms with Gasteiger partial charge in [0.05, 0.1) is 16.3 Å². The minimum absolute atomic E-state index is 0.00226. The Morgan fingerprint density at radius 1 is 1.28 bits per heavy atom. The molecular formula is C11H16Cl2N2O2S. The van der Waals surface area contributed by atoms with Gasteiger partial charge < -0.3 is 5.32 Å². The van der Waals surface area contributed by atoms with E-state index in [0.29, 0.717) is 23.1 Å². The molecule has 102 valence electrons. The molecule has 0 amide bonds. The molecule has 1 aromatic carbocycles. The maximum atomic E-state index is 10.9. The Morgan fingerprint density at radius 3 is 2.56 bits per heavy atom. The van der Waals surface area contributed by atoms with Crippen molar-refractivity contribution in [2.24, 2.45) is 0 Å². The van der Waals surface area contributed by atoms with E-state index in [4.69, 9.17) is 23.2 Å². The smallest absolute Gasteiger partial charge is 0.208 e. The van der Waals surface area contributed by atoms with Crippen molar-refractivity contribution in [2.75, 3.05) is 19.3 Å². The number of nitrogens with one attached hydrogen (secondary N) is 2. The lowest BCUT2D eigenvalue weighted by Crippen LogP contribution is -2.32. The summed E-state index contributed by atoms with van der Waals surface area (Å²) in [5.74, 6) is 0. The predicted octanol–water partition coefficient (Wildman–Crippen LogP) is 2.19. The van der Waals surface area contributed by atoms with E-state index in [1.54, 1.807) is 6.07 Å². The first kappa shape index (κ1) is 15.7. The average molecular weight is 311 g/mol. The van der Waals surface area contributed by atoms with Gasteiger partial charge in [-0.05, 0) is 18.6 Å². The van der Waals surface area contributed by atoms with Crippen molar-refractivity contribution in [3.63, 3.8) is 0 Å². The molecule has 0 heterocycles. The Kier molecular flexibility index (Phi) is 5.88. The lowest BCUT2D eigenvalue weighted by molar-refractivity contribution is 0.556. The number of hydrogen-bond acceptors (Lipinski definition) is 3. The highest BCUT2D eigenvalue weighted by Gasteiger charge is 2.11. The van der Waals surface area contributed by atoms with E-state index < -0.39 is 10.0 Å². The Labute approximate surface area is 118 Å². The molecule has 0 aliphatic carbocycles. The highest BCUT2D eigenvalue weighted by Crippen LogP contribution is 2.29. The van der Waals surface area contributed by atoms with Gasteiger partial charge in [0.1, 0.15) is 0 Å². The van der Waals surface area contributed by atoms with Crippen LogP contribution in [0.3, 0.4) is 0 Å². The zero-order valence-electron chi connectivity index (χ0n) is 10.2. The molecule has 0 radical (unpaired) electrons. The summed E-state index contributed by atoms with van der Waals surface area (Å²) in [5, 5.41) is 4.20. The number of sulfonamides is 1. The van der Waals surface area contributed by atoms with Gasteiger partial charge in [-0.3, -0.25) is 0 Å². The number of halogens is 2. The highest BCUT2D eigenvalue weighted by molar-refractivity contribution is 7.88. The Balaban J connectivity index is 2.51. The Hall–Kier alpha value is -0.330. The van der Waals surface area contributed by atoms with Crippen LogP contribution in [0, 0.1) is 0 Å². The second-order valence-electron chi connectivity index (χ2n) is 3.99. The van der Waals surface area contributed by atoms with Crippen molar-refractivity contribution in [3.05, 3.63) is 33.8 Å². The molecule has 1 aromatic rings. The average Bonchev–Trinajstić information content (AvgIpc) is 2.26. The van der Waals surface area contributed by atoms with Crippen LogP contribution in [0.25, 0.3) is 0 Å². The van der Waals surface area contributed by atoms with Gasteiger partial charge in [0.2, 0.25) is 10.0 Å². The summed E-state index contributed by atoms with van der Waals surface area (Å²) < 4.78 is 24.1. The van der Waals surface area contributed by atoms with Gasteiger partial charge in [-0.15, -0.1) is 0 Å². The molecule has 7 heteroatoms. The molecule has 0 aliphatic heterocycles. The highest BCUT2D eigenvalue weighted by atomic mass is 35.5. The van der Waals surface area contributed by atoms with Crippen LogP contribution in [0.15, 0.2) is 18.2 Å². The van der Waals surface area contributed by atoms with Crippen LogP contribution in [0.5, 0.6) is 0 Å². The number of hydrogen-bond donors (Lipinski definition) is 2. The largest absolute Gasteiger partial charge is 0.309 e. The van der Waals surface area contributed by atoms with Gasteiger partial charge in [0.25, 0.3) is 0 Å². The summed E-state index contributed by atoms with van der Waals surface area (Å²) in [6.45, 7) is 2.79. The van der Waals surface area contributed by atoms with Crippen LogP contribution >= 0.6 is 23.2 Å². The summed E-state index contributed by atoms with van der Waals surface area (Å²) in [6.07, 6.45) is 1.13. The van der Waals surface area contributed by atoms with Gasteiger partial charge in [-0.25, -0.2) is 13.1 Å². The SMILES string of the molecule is CC(NCCNS(C)(=O)=O)c1cccc(Cl)c1Cl. The van der Waals surface area contributed by atoms with Gasteiger partial charge in [-0.1, -0.05) is 35.3 Å². The first-order chi connectivity index (χ1) is 8.31. The monoisotopic (exact) mass is 310 g/mol. The summed E-state index contributed by atoms with van der Waals surface area (Å²) >= 11 is 12.0. The zero-order chi connectivity index (χ0) is 13.8. The van der Waals surface area contributed by atoms with E-state index in [1.807, 2.05) is 19.1 Å². The van der Waals surface area contributed by atoms with Crippen molar-refractivity contribution in [1.82, 2.24) is 10.0 Å². The van der Waals surface area contributed by atoms with Gasteiger partial charge in [0.15, 0.2) is 0 Å². The van der Waals surface area contributed by atoms with Crippen molar-refractivity contribution >= 4 is 33.2 Å². The van der Waals surface area contributed by atoms with E-state index in [2.05, 4.69) is 10.0 Å². The molecule has 0 fully saturated rings. The zero-order valence-corrected chi connectivity index (χ0v) is 12.5. The summed E-state index contributed by atoms with van der Waals surface area (Å²) in [6, 6.07) is 5.44. The molecule has 4 nitrogen and oxygen atoms in total. The third-order valence-corrected chi connectivity index (χ3v) is 3.95.